The minimum atomic E-state index is -0.826. The quantitative estimate of drug-likeness (QED) is 0.737. The lowest BCUT2D eigenvalue weighted by atomic mass is 10.2. The van der Waals surface area contributed by atoms with E-state index in [-0.39, 0.29) is 16.6 Å². The van der Waals surface area contributed by atoms with Gasteiger partial charge in [0, 0.05) is 0 Å². The van der Waals surface area contributed by atoms with Crippen molar-refractivity contribution in [2.75, 3.05) is 0 Å². The molecule has 4 nitrogen and oxygen atoms in total. The largest absolute Gasteiger partial charge is 0.333 e. The molecule has 0 aliphatic rings. The van der Waals surface area contributed by atoms with E-state index in [4.69, 9.17) is 0 Å². The summed E-state index contributed by atoms with van der Waals surface area (Å²) in [6, 6.07) is 8.91. The van der Waals surface area contributed by atoms with E-state index in [9.17, 15) is 18.4 Å². The molecule has 1 heterocycles. The van der Waals surface area contributed by atoms with Crippen LogP contribution >= 0.6 is 0 Å². The number of aromatic nitrogens is 2. The first-order chi connectivity index (χ1) is 9.58. The standard InChI is InChI=1S/C14H8F2N2O2/c15-8-3-1-4-9(7-8)18-13(19)12-10(16)5-2-6-11(12)17-14(18)20/h1-7H,(H,17,20). The highest BCUT2D eigenvalue weighted by Gasteiger charge is 2.12. The van der Waals surface area contributed by atoms with Crippen LogP contribution in [0.5, 0.6) is 0 Å². The first kappa shape index (κ1) is 12.3. The van der Waals surface area contributed by atoms with Gasteiger partial charge in [0.05, 0.1) is 16.6 Å². The van der Waals surface area contributed by atoms with E-state index in [1.807, 2.05) is 0 Å². The molecule has 0 aliphatic heterocycles. The average molecular weight is 274 g/mol. The predicted molar refractivity (Wildman–Crippen MR) is 70.1 cm³/mol. The van der Waals surface area contributed by atoms with Gasteiger partial charge in [0.2, 0.25) is 0 Å². The van der Waals surface area contributed by atoms with Gasteiger partial charge in [-0.1, -0.05) is 12.1 Å². The summed E-state index contributed by atoms with van der Waals surface area (Å²) in [5.41, 5.74) is -1.43. The molecular weight excluding hydrogens is 266 g/mol. The maximum Gasteiger partial charge on any atom is 0.333 e. The number of benzene rings is 2. The fourth-order valence-corrected chi connectivity index (χ4v) is 2.07. The Morgan fingerprint density at radius 2 is 1.75 bits per heavy atom. The molecule has 0 saturated heterocycles. The molecule has 0 radical (unpaired) electrons. The third kappa shape index (κ3) is 1.82. The van der Waals surface area contributed by atoms with Crippen molar-refractivity contribution in [3.8, 4) is 5.69 Å². The van der Waals surface area contributed by atoms with Gasteiger partial charge < -0.3 is 4.98 Å². The highest BCUT2D eigenvalue weighted by atomic mass is 19.1. The number of nitrogens with zero attached hydrogens (tertiary/aromatic N) is 1. The van der Waals surface area contributed by atoms with Crippen LogP contribution in [0.25, 0.3) is 16.6 Å². The Morgan fingerprint density at radius 1 is 1.00 bits per heavy atom. The molecule has 0 saturated carbocycles. The van der Waals surface area contributed by atoms with E-state index in [0.717, 1.165) is 12.1 Å². The summed E-state index contributed by atoms with van der Waals surface area (Å²) in [4.78, 5) is 26.6. The Labute approximate surface area is 110 Å². The molecule has 0 amide bonds. The van der Waals surface area contributed by atoms with E-state index < -0.39 is 22.9 Å². The Hall–Kier alpha value is -2.76. The third-order valence-corrected chi connectivity index (χ3v) is 2.94. The maximum absolute atomic E-state index is 13.7. The fraction of sp³-hybridized carbons (Fsp3) is 0. The van der Waals surface area contributed by atoms with Crippen molar-refractivity contribution in [3.63, 3.8) is 0 Å². The van der Waals surface area contributed by atoms with E-state index in [2.05, 4.69) is 4.98 Å². The SMILES string of the molecule is O=c1[nH]c2cccc(F)c2c(=O)n1-c1cccc(F)c1. The van der Waals surface area contributed by atoms with Gasteiger partial charge >= 0.3 is 5.69 Å². The zero-order chi connectivity index (χ0) is 14.3. The number of hydrogen-bond donors (Lipinski definition) is 1. The number of aromatic amines is 1. The molecule has 0 unspecified atom stereocenters. The smallest absolute Gasteiger partial charge is 0.306 e. The second kappa shape index (κ2) is 4.41. The average Bonchev–Trinajstić information content (AvgIpc) is 2.38. The zero-order valence-corrected chi connectivity index (χ0v) is 10.1. The first-order valence-electron chi connectivity index (χ1n) is 5.77. The molecule has 20 heavy (non-hydrogen) atoms. The van der Waals surface area contributed by atoms with Crippen molar-refractivity contribution < 1.29 is 8.78 Å². The van der Waals surface area contributed by atoms with Gasteiger partial charge in [0.1, 0.15) is 11.6 Å². The van der Waals surface area contributed by atoms with Crippen molar-refractivity contribution in [1.82, 2.24) is 9.55 Å². The van der Waals surface area contributed by atoms with Gasteiger partial charge in [-0.15, -0.1) is 0 Å². The van der Waals surface area contributed by atoms with Crippen LogP contribution < -0.4 is 11.2 Å². The molecular formula is C14H8F2N2O2. The number of hydrogen-bond acceptors (Lipinski definition) is 2. The minimum Gasteiger partial charge on any atom is -0.306 e. The van der Waals surface area contributed by atoms with Crippen molar-refractivity contribution in [2.45, 2.75) is 0 Å². The lowest BCUT2D eigenvalue weighted by Gasteiger charge is -2.06. The summed E-state index contributed by atoms with van der Waals surface area (Å²) in [6.07, 6.45) is 0. The van der Waals surface area contributed by atoms with Crippen molar-refractivity contribution in [2.24, 2.45) is 0 Å². The first-order valence-corrected chi connectivity index (χ1v) is 5.77. The van der Waals surface area contributed by atoms with E-state index in [1.165, 1.54) is 30.3 Å². The molecule has 0 atom stereocenters. The van der Waals surface area contributed by atoms with Crippen molar-refractivity contribution in [1.29, 1.82) is 0 Å². The van der Waals surface area contributed by atoms with E-state index >= 15 is 0 Å². The molecule has 0 aliphatic carbocycles. The number of H-pyrrole nitrogens is 1. The van der Waals surface area contributed by atoms with Crippen molar-refractivity contribution in [3.05, 3.63) is 74.9 Å². The number of nitrogens with one attached hydrogen (secondary N) is 1. The maximum atomic E-state index is 13.7. The summed E-state index contributed by atoms with van der Waals surface area (Å²) in [5, 5.41) is -0.239. The zero-order valence-electron chi connectivity index (χ0n) is 10.1. The minimum absolute atomic E-state index is 0.0430. The lowest BCUT2D eigenvalue weighted by molar-refractivity contribution is 0.625. The van der Waals surface area contributed by atoms with Gasteiger partial charge in [-0.2, -0.15) is 0 Å². The Bertz CT molecular complexity index is 928. The van der Waals surface area contributed by atoms with Gasteiger partial charge in [-0.25, -0.2) is 18.1 Å². The van der Waals surface area contributed by atoms with Crippen LogP contribution in [-0.2, 0) is 0 Å². The summed E-state index contributed by atoms with van der Waals surface area (Å²) < 4.78 is 27.7. The van der Waals surface area contributed by atoms with Gasteiger partial charge in [-0.05, 0) is 30.3 Å². The van der Waals surface area contributed by atoms with E-state index in [0.29, 0.717) is 4.57 Å². The Balaban J connectivity index is 2.46. The third-order valence-electron chi connectivity index (χ3n) is 2.94. The van der Waals surface area contributed by atoms with Crippen molar-refractivity contribution >= 4 is 10.9 Å². The summed E-state index contributed by atoms with van der Waals surface area (Å²) in [5.74, 6) is -1.34. The van der Waals surface area contributed by atoms with Crippen LogP contribution in [-0.4, -0.2) is 9.55 Å². The van der Waals surface area contributed by atoms with Crippen LogP contribution in [0.2, 0.25) is 0 Å². The molecule has 0 bridgehead atoms. The molecule has 6 heteroatoms. The van der Waals surface area contributed by atoms with Crippen LogP contribution in [0, 0.1) is 11.6 Å². The Kier molecular flexibility index (Phi) is 2.71. The highest BCUT2D eigenvalue weighted by molar-refractivity contribution is 5.78. The lowest BCUT2D eigenvalue weighted by Crippen LogP contribution is -2.34. The second-order valence-corrected chi connectivity index (χ2v) is 4.21. The van der Waals surface area contributed by atoms with E-state index in [1.54, 1.807) is 0 Å². The molecule has 1 N–H and O–H groups in total. The highest BCUT2D eigenvalue weighted by Crippen LogP contribution is 2.11. The van der Waals surface area contributed by atoms with Crippen LogP contribution in [0.1, 0.15) is 0 Å². The van der Waals surface area contributed by atoms with Crippen LogP contribution in [0.3, 0.4) is 0 Å². The van der Waals surface area contributed by atoms with Gasteiger partial charge in [0.25, 0.3) is 5.56 Å². The normalized spacial score (nSPS) is 10.9. The fourth-order valence-electron chi connectivity index (χ4n) is 2.07. The molecule has 0 spiro atoms. The van der Waals surface area contributed by atoms with Crippen LogP contribution in [0.4, 0.5) is 8.78 Å². The molecule has 2 aromatic carbocycles. The summed E-state index contributed by atoms with van der Waals surface area (Å²) in [6.45, 7) is 0. The molecule has 0 fully saturated rings. The summed E-state index contributed by atoms with van der Waals surface area (Å²) >= 11 is 0. The predicted octanol–water partition coefficient (Wildman–Crippen LogP) is 1.96. The number of halogens is 2. The van der Waals surface area contributed by atoms with Gasteiger partial charge in [-0.3, -0.25) is 4.79 Å². The monoisotopic (exact) mass is 274 g/mol. The summed E-state index contributed by atoms with van der Waals surface area (Å²) in [7, 11) is 0. The topological polar surface area (TPSA) is 54.9 Å². The molecule has 3 rings (SSSR count). The molecule has 100 valence electrons. The number of fused-ring (bicyclic) bond motifs is 1. The number of rotatable bonds is 1. The van der Waals surface area contributed by atoms with Crippen LogP contribution in [0.15, 0.2) is 52.1 Å². The Morgan fingerprint density at radius 3 is 2.50 bits per heavy atom. The second-order valence-electron chi connectivity index (χ2n) is 4.21. The molecule has 3 aromatic rings. The molecule has 1 aromatic heterocycles. The van der Waals surface area contributed by atoms with Gasteiger partial charge in [0.15, 0.2) is 0 Å².